The van der Waals surface area contributed by atoms with Crippen LogP contribution in [0, 0.1) is 5.92 Å². The highest BCUT2D eigenvalue weighted by molar-refractivity contribution is 7.18. The van der Waals surface area contributed by atoms with E-state index in [2.05, 4.69) is 24.5 Å². The molecule has 0 bridgehead atoms. The maximum absolute atomic E-state index is 12.7. The molecule has 2 amide bonds. The number of ether oxygens (including phenoxy) is 1. The fourth-order valence-electron chi connectivity index (χ4n) is 2.67. The van der Waals surface area contributed by atoms with Gasteiger partial charge in [0.1, 0.15) is 5.00 Å². The van der Waals surface area contributed by atoms with Crippen LogP contribution in [0.2, 0.25) is 0 Å². The summed E-state index contributed by atoms with van der Waals surface area (Å²) >= 11 is 2.42. The maximum Gasteiger partial charge on any atom is 0.341 e. The van der Waals surface area contributed by atoms with Crippen molar-refractivity contribution >= 4 is 50.5 Å². The van der Waals surface area contributed by atoms with Crippen LogP contribution in [0.4, 0.5) is 10.0 Å². The summed E-state index contributed by atoms with van der Waals surface area (Å²) in [4.78, 5) is 37.3. The molecule has 29 heavy (non-hydrogen) atoms. The summed E-state index contributed by atoms with van der Waals surface area (Å²) in [5.41, 5.74) is 1.24. The molecule has 0 radical (unpaired) electrons. The molecule has 0 aliphatic rings. The van der Waals surface area contributed by atoms with Gasteiger partial charge < -0.3 is 19.8 Å². The van der Waals surface area contributed by atoms with Gasteiger partial charge in [0, 0.05) is 0 Å². The number of nitrogens with one attached hydrogen (secondary N) is 2. The van der Waals surface area contributed by atoms with Crippen molar-refractivity contribution in [3.05, 3.63) is 57.7 Å². The van der Waals surface area contributed by atoms with E-state index >= 15 is 0 Å². The monoisotopic (exact) mass is 432 g/mol. The van der Waals surface area contributed by atoms with Gasteiger partial charge in [0.2, 0.25) is 0 Å². The summed E-state index contributed by atoms with van der Waals surface area (Å²) in [7, 11) is 1.32. The number of thiophene rings is 2. The van der Waals surface area contributed by atoms with E-state index in [-0.39, 0.29) is 11.7 Å². The van der Waals surface area contributed by atoms with E-state index in [4.69, 9.17) is 9.15 Å². The highest BCUT2D eigenvalue weighted by Gasteiger charge is 2.23. The lowest BCUT2D eigenvalue weighted by Crippen LogP contribution is -2.14. The first kappa shape index (κ1) is 20.8. The molecule has 152 valence electrons. The SMILES string of the molecule is COC(=O)c1c(CC(C)C)csc1NC(=O)c1ccc(NC(=O)c2ccco2)s1. The van der Waals surface area contributed by atoms with Crippen LogP contribution in [0.5, 0.6) is 0 Å². The average Bonchev–Trinajstić information content (AvgIpc) is 3.42. The van der Waals surface area contributed by atoms with Gasteiger partial charge in [-0.15, -0.1) is 22.7 Å². The predicted molar refractivity (Wildman–Crippen MR) is 113 cm³/mol. The van der Waals surface area contributed by atoms with Crippen molar-refractivity contribution in [1.29, 1.82) is 0 Å². The van der Waals surface area contributed by atoms with Crippen LogP contribution in [0.3, 0.4) is 0 Å². The Kier molecular flexibility index (Phi) is 6.50. The fourth-order valence-corrected chi connectivity index (χ4v) is 4.43. The van der Waals surface area contributed by atoms with Crippen molar-refractivity contribution in [2.24, 2.45) is 5.92 Å². The number of furan rings is 1. The van der Waals surface area contributed by atoms with Crippen LogP contribution in [0.25, 0.3) is 0 Å². The van der Waals surface area contributed by atoms with E-state index in [1.165, 1.54) is 24.7 Å². The highest BCUT2D eigenvalue weighted by atomic mass is 32.1. The second-order valence-electron chi connectivity index (χ2n) is 6.60. The van der Waals surface area contributed by atoms with Crippen LogP contribution < -0.4 is 10.6 Å². The number of carbonyl (C=O) groups excluding carboxylic acids is 3. The Morgan fingerprint density at radius 3 is 2.59 bits per heavy atom. The quantitative estimate of drug-likeness (QED) is 0.518. The first-order valence-corrected chi connectivity index (χ1v) is 10.5. The third-order valence-electron chi connectivity index (χ3n) is 3.92. The molecule has 3 rings (SSSR count). The van der Waals surface area contributed by atoms with Crippen molar-refractivity contribution < 1.29 is 23.5 Å². The van der Waals surface area contributed by atoms with E-state index in [1.54, 1.807) is 24.3 Å². The first-order valence-electron chi connectivity index (χ1n) is 8.83. The minimum atomic E-state index is -0.477. The Morgan fingerprint density at radius 2 is 1.93 bits per heavy atom. The number of methoxy groups -OCH3 is 1. The van der Waals surface area contributed by atoms with E-state index in [0.717, 1.165) is 16.9 Å². The lowest BCUT2D eigenvalue weighted by Gasteiger charge is -2.08. The molecule has 3 heterocycles. The summed E-state index contributed by atoms with van der Waals surface area (Å²) in [5.74, 6) is -0.697. The molecule has 7 nitrogen and oxygen atoms in total. The Balaban J connectivity index is 1.74. The summed E-state index contributed by atoms with van der Waals surface area (Å²) < 4.78 is 9.94. The number of esters is 1. The van der Waals surface area contributed by atoms with E-state index in [9.17, 15) is 14.4 Å². The maximum atomic E-state index is 12.7. The molecule has 0 aliphatic heterocycles. The van der Waals surface area contributed by atoms with Crippen LogP contribution in [-0.2, 0) is 11.2 Å². The van der Waals surface area contributed by atoms with Crippen molar-refractivity contribution in [2.45, 2.75) is 20.3 Å². The largest absolute Gasteiger partial charge is 0.465 e. The van der Waals surface area contributed by atoms with Crippen molar-refractivity contribution in [3.63, 3.8) is 0 Å². The minimum Gasteiger partial charge on any atom is -0.465 e. The number of amides is 2. The van der Waals surface area contributed by atoms with Gasteiger partial charge in [-0.3, -0.25) is 9.59 Å². The smallest absolute Gasteiger partial charge is 0.341 e. The van der Waals surface area contributed by atoms with E-state index < -0.39 is 11.9 Å². The molecule has 9 heteroatoms. The molecule has 0 aromatic carbocycles. The molecule has 0 atom stereocenters. The number of hydrogen-bond acceptors (Lipinski definition) is 7. The Hall–Kier alpha value is -2.91. The van der Waals surface area contributed by atoms with Gasteiger partial charge >= 0.3 is 5.97 Å². The number of carbonyl (C=O) groups is 3. The standard InChI is InChI=1S/C20H20N2O5S2/c1-11(2)9-12-10-28-19(16(12)20(25)26-3)22-18(24)14-6-7-15(29-14)21-17(23)13-5-4-8-27-13/h4-8,10-11H,9H2,1-3H3,(H,21,23)(H,22,24). The number of rotatable bonds is 7. The molecule has 0 aliphatic carbocycles. The zero-order valence-electron chi connectivity index (χ0n) is 16.1. The van der Waals surface area contributed by atoms with Gasteiger partial charge in [0.15, 0.2) is 5.76 Å². The molecule has 0 fully saturated rings. The van der Waals surface area contributed by atoms with Crippen LogP contribution in [-0.4, -0.2) is 24.9 Å². The zero-order chi connectivity index (χ0) is 21.0. The van der Waals surface area contributed by atoms with Gasteiger partial charge in [0.05, 0.1) is 28.8 Å². The van der Waals surface area contributed by atoms with Crippen LogP contribution in [0.15, 0.2) is 40.3 Å². The third-order valence-corrected chi connectivity index (χ3v) is 5.87. The zero-order valence-corrected chi connectivity index (χ0v) is 17.7. The summed E-state index contributed by atoms with van der Waals surface area (Å²) in [5, 5.41) is 8.30. The molecular formula is C20H20N2O5S2. The van der Waals surface area contributed by atoms with Gasteiger partial charge in [-0.05, 0) is 47.5 Å². The molecule has 0 saturated carbocycles. The van der Waals surface area contributed by atoms with Crippen molar-refractivity contribution in [1.82, 2.24) is 0 Å². The van der Waals surface area contributed by atoms with E-state index in [0.29, 0.717) is 32.8 Å². The summed E-state index contributed by atoms with van der Waals surface area (Å²) in [6, 6.07) is 6.42. The van der Waals surface area contributed by atoms with Crippen molar-refractivity contribution in [2.75, 3.05) is 17.7 Å². The predicted octanol–water partition coefficient (Wildman–Crippen LogP) is 4.89. The van der Waals surface area contributed by atoms with Gasteiger partial charge in [0.25, 0.3) is 11.8 Å². The van der Waals surface area contributed by atoms with Gasteiger partial charge in [-0.2, -0.15) is 0 Å². The first-order chi connectivity index (χ1) is 13.9. The molecule has 3 aromatic rings. The molecule has 2 N–H and O–H groups in total. The minimum absolute atomic E-state index is 0.184. The molecule has 3 aromatic heterocycles. The Morgan fingerprint density at radius 1 is 1.14 bits per heavy atom. The molecular weight excluding hydrogens is 412 g/mol. The second kappa shape index (κ2) is 9.06. The van der Waals surface area contributed by atoms with Gasteiger partial charge in [-0.1, -0.05) is 13.8 Å². The molecule has 0 spiro atoms. The second-order valence-corrected chi connectivity index (χ2v) is 8.57. The highest BCUT2D eigenvalue weighted by Crippen LogP contribution is 2.32. The third kappa shape index (κ3) is 4.93. The lowest BCUT2D eigenvalue weighted by molar-refractivity contribution is 0.0601. The van der Waals surface area contributed by atoms with Gasteiger partial charge in [-0.25, -0.2) is 4.79 Å². The summed E-state index contributed by atoms with van der Waals surface area (Å²) in [6.07, 6.45) is 2.12. The number of hydrogen-bond donors (Lipinski definition) is 2. The van der Waals surface area contributed by atoms with Crippen molar-refractivity contribution in [3.8, 4) is 0 Å². The topological polar surface area (TPSA) is 97.6 Å². The fraction of sp³-hybridized carbons (Fsp3) is 0.250. The molecule has 0 unspecified atom stereocenters. The number of anilines is 2. The van der Waals surface area contributed by atoms with Crippen LogP contribution >= 0.6 is 22.7 Å². The van der Waals surface area contributed by atoms with E-state index in [1.807, 2.05) is 5.38 Å². The normalized spacial score (nSPS) is 10.8. The van der Waals surface area contributed by atoms with Crippen LogP contribution in [0.1, 0.15) is 50.0 Å². The summed E-state index contributed by atoms with van der Waals surface area (Å²) in [6.45, 7) is 4.11. The molecule has 0 saturated heterocycles. The average molecular weight is 433 g/mol. The Labute approximate surface area is 175 Å². The lowest BCUT2D eigenvalue weighted by atomic mass is 10.0. The Bertz CT molecular complexity index is 1020.